The number of nitrogens with one attached hydrogen (secondary N) is 1. The number of thiazole rings is 1. The number of halogens is 1. The fourth-order valence-electron chi connectivity index (χ4n) is 5.51. The molecule has 2 amide bonds. The summed E-state index contributed by atoms with van der Waals surface area (Å²) in [5, 5.41) is 4.43. The van der Waals surface area contributed by atoms with Gasteiger partial charge in [0.2, 0.25) is 0 Å². The smallest absolute Gasteiger partial charge is 0.410 e. The lowest BCUT2D eigenvalue weighted by molar-refractivity contribution is 0.0209. The Bertz CT molecular complexity index is 1130. The predicted octanol–water partition coefficient (Wildman–Crippen LogP) is 5.22. The van der Waals surface area contributed by atoms with Crippen LogP contribution in [0.25, 0.3) is 10.2 Å². The number of aromatic nitrogens is 1. The van der Waals surface area contributed by atoms with Gasteiger partial charge in [-0.25, -0.2) is 9.78 Å². The van der Waals surface area contributed by atoms with Gasteiger partial charge in [-0.1, -0.05) is 35.8 Å². The van der Waals surface area contributed by atoms with E-state index in [1.807, 2.05) is 25.7 Å². The highest BCUT2D eigenvalue weighted by Crippen LogP contribution is 2.45. The average Bonchev–Trinajstić information content (AvgIpc) is 3.50. The zero-order chi connectivity index (χ0) is 24.9. The molecule has 3 heterocycles. The van der Waals surface area contributed by atoms with Crippen LogP contribution in [-0.2, 0) is 4.74 Å². The fraction of sp³-hybridized carbons (Fsp3) is 0.640. The highest BCUT2D eigenvalue weighted by molar-refractivity contribution is 7.22. The Hall–Kier alpha value is -2.26. The van der Waals surface area contributed by atoms with Crippen molar-refractivity contribution in [1.82, 2.24) is 15.2 Å². The lowest BCUT2D eigenvalue weighted by Crippen LogP contribution is -2.56. The number of rotatable bonds is 4. The third kappa shape index (κ3) is 4.77. The van der Waals surface area contributed by atoms with Crippen LogP contribution in [0.2, 0.25) is 5.02 Å². The number of piperazine rings is 1. The summed E-state index contributed by atoms with van der Waals surface area (Å²) in [6.07, 6.45) is 6.01. The van der Waals surface area contributed by atoms with Crippen molar-refractivity contribution in [3.8, 4) is 5.75 Å². The first-order valence-electron chi connectivity index (χ1n) is 12.4. The SMILES string of the molecule is COc1c(C(=O)NC2CCCC2)cc(Cl)c2nc(N3C4CCC3CN(C(=O)OC(C)(C)C)C4)sc12. The van der Waals surface area contributed by atoms with Crippen LogP contribution in [0, 0.1) is 0 Å². The van der Waals surface area contributed by atoms with Crippen molar-refractivity contribution in [3.63, 3.8) is 0 Å². The lowest BCUT2D eigenvalue weighted by atomic mass is 10.1. The van der Waals surface area contributed by atoms with Crippen LogP contribution in [0.1, 0.15) is 69.7 Å². The van der Waals surface area contributed by atoms with E-state index in [0.717, 1.165) is 48.4 Å². The molecule has 5 rings (SSSR count). The molecule has 1 aromatic carbocycles. The topological polar surface area (TPSA) is 84.0 Å². The number of carbonyl (C=O) groups is 2. The van der Waals surface area contributed by atoms with E-state index in [4.69, 9.17) is 26.1 Å². The molecule has 10 heteroatoms. The summed E-state index contributed by atoms with van der Waals surface area (Å²) >= 11 is 8.14. The van der Waals surface area contributed by atoms with Gasteiger partial charge in [0.15, 0.2) is 10.9 Å². The van der Waals surface area contributed by atoms with Gasteiger partial charge in [-0.05, 0) is 52.5 Å². The molecule has 3 fully saturated rings. The number of amides is 2. The zero-order valence-corrected chi connectivity index (χ0v) is 22.3. The molecule has 2 atom stereocenters. The summed E-state index contributed by atoms with van der Waals surface area (Å²) in [5.41, 5.74) is 0.578. The summed E-state index contributed by atoms with van der Waals surface area (Å²) in [7, 11) is 1.58. The van der Waals surface area contributed by atoms with Crippen LogP contribution in [0.4, 0.5) is 9.93 Å². The molecule has 35 heavy (non-hydrogen) atoms. The predicted molar refractivity (Wildman–Crippen MR) is 138 cm³/mol. The molecule has 3 aliphatic rings. The van der Waals surface area contributed by atoms with E-state index >= 15 is 0 Å². The molecular weight excluding hydrogens is 488 g/mol. The molecule has 1 aliphatic carbocycles. The minimum absolute atomic E-state index is 0.154. The number of likely N-dealkylation sites (tertiary alicyclic amines) is 1. The standard InChI is InChI=1S/C25H33ClN4O4S/c1-25(2,3)34-24(32)29-12-15-9-10-16(13-29)30(15)23-28-19-18(26)11-17(20(33-4)21(19)35-23)22(31)27-14-7-5-6-8-14/h11,14-16H,5-10,12-13H2,1-4H3,(H,27,31). The molecule has 1 saturated carbocycles. The van der Waals surface area contributed by atoms with Crippen LogP contribution in [0.5, 0.6) is 5.75 Å². The van der Waals surface area contributed by atoms with E-state index in [1.54, 1.807) is 13.2 Å². The molecule has 2 unspecified atom stereocenters. The van der Waals surface area contributed by atoms with Crippen molar-refractivity contribution in [2.75, 3.05) is 25.1 Å². The molecule has 1 N–H and O–H groups in total. The van der Waals surface area contributed by atoms with Gasteiger partial charge >= 0.3 is 6.09 Å². The van der Waals surface area contributed by atoms with Gasteiger partial charge in [0.1, 0.15) is 15.8 Å². The van der Waals surface area contributed by atoms with Crippen molar-refractivity contribution in [2.24, 2.45) is 0 Å². The maximum Gasteiger partial charge on any atom is 0.410 e. The van der Waals surface area contributed by atoms with E-state index in [9.17, 15) is 9.59 Å². The van der Waals surface area contributed by atoms with E-state index < -0.39 is 5.60 Å². The lowest BCUT2D eigenvalue weighted by Gasteiger charge is -2.41. The first kappa shape index (κ1) is 24.4. The Balaban J connectivity index is 1.41. The molecule has 0 spiro atoms. The molecule has 2 aliphatic heterocycles. The minimum atomic E-state index is -0.518. The molecule has 2 aromatic rings. The van der Waals surface area contributed by atoms with E-state index in [2.05, 4.69) is 10.2 Å². The average molecular weight is 521 g/mol. The number of nitrogens with zero attached hydrogens (tertiary/aromatic N) is 3. The maximum absolute atomic E-state index is 13.1. The Morgan fingerprint density at radius 3 is 2.40 bits per heavy atom. The van der Waals surface area contributed by atoms with Gasteiger partial charge in [0, 0.05) is 31.2 Å². The van der Waals surface area contributed by atoms with Crippen molar-refractivity contribution in [1.29, 1.82) is 0 Å². The zero-order valence-electron chi connectivity index (χ0n) is 20.7. The highest BCUT2D eigenvalue weighted by atomic mass is 35.5. The minimum Gasteiger partial charge on any atom is -0.494 e. The van der Waals surface area contributed by atoms with Crippen molar-refractivity contribution >= 4 is 50.3 Å². The Morgan fingerprint density at radius 2 is 1.80 bits per heavy atom. The number of fused-ring (bicyclic) bond motifs is 3. The van der Waals surface area contributed by atoms with Gasteiger partial charge in [-0.15, -0.1) is 0 Å². The van der Waals surface area contributed by atoms with Crippen LogP contribution < -0.4 is 15.0 Å². The number of benzene rings is 1. The summed E-state index contributed by atoms with van der Waals surface area (Å²) < 4.78 is 12.1. The van der Waals surface area contributed by atoms with Crippen LogP contribution in [0.15, 0.2) is 6.07 Å². The molecule has 2 bridgehead atoms. The maximum atomic E-state index is 13.1. The van der Waals surface area contributed by atoms with Gasteiger partial charge < -0.3 is 24.6 Å². The third-order valence-electron chi connectivity index (χ3n) is 7.06. The normalized spacial score (nSPS) is 22.7. The van der Waals surface area contributed by atoms with Crippen LogP contribution >= 0.6 is 22.9 Å². The number of anilines is 1. The molecule has 1 aromatic heterocycles. The Labute approximate surface area is 214 Å². The Kier molecular flexibility index (Phi) is 6.50. The van der Waals surface area contributed by atoms with Gasteiger partial charge in [-0.3, -0.25) is 4.79 Å². The molecule has 190 valence electrons. The monoisotopic (exact) mass is 520 g/mol. The number of methoxy groups -OCH3 is 1. The Morgan fingerprint density at radius 1 is 1.14 bits per heavy atom. The van der Waals surface area contributed by atoms with Crippen LogP contribution in [0.3, 0.4) is 0 Å². The second-order valence-electron chi connectivity index (χ2n) is 10.7. The van der Waals surface area contributed by atoms with Crippen molar-refractivity contribution in [2.45, 2.75) is 83.0 Å². The number of ether oxygens (including phenoxy) is 2. The van der Waals surface area contributed by atoms with E-state index in [-0.39, 0.29) is 30.1 Å². The summed E-state index contributed by atoms with van der Waals surface area (Å²) in [5.74, 6) is 0.363. The third-order valence-corrected chi connectivity index (χ3v) is 8.41. The molecule has 8 nitrogen and oxygen atoms in total. The van der Waals surface area contributed by atoms with Crippen LogP contribution in [-0.4, -0.2) is 65.8 Å². The first-order valence-corrected chi connectivity index (χ1v) is 13.6. The molecular formula is C25H33ClN4O4S. The van der Waals surface area contributed by atoms with E-state index in [0.29, 0.717) is 34.9 Å². The molecule has 2 saturated heterocycles. The number of carbonyl (C=O) groups excluding carboxylic acids is 2. The van der Waals surface area contributed by atoms with Gasteiger partial charge in [0.05, 0.1) is 17.7 Å². The summed E-state index contributed by atoms with van der Waals surface area (Å²) in [6, 6.07) is 2.20. The van der Waals surface area contributed by atoms with Gasteiger partial charge in [0.25, 0.3) is 5.91 Å². The van der Waals surface area contributed by atoms with Crippen molar-refractivity contribution < 1.29 is 19.1 Å². The quantitative estimate of drug-likeness (QED) is 0.595. The van der Waals surface area contributed by atoms with E-state index in [1.165, 1.54) is 11.3 Å². The largest absolute Gasteiger partial charge is 0.494 e. The van der Waals surface area contributed by atoms with Gasteiger partial charge in [-0.2, -0.15) is 0 Å². The van der Waals surface area contributed by atoms with Crippen molar-refractivity contribution in [3.05, 3.63) is 16.7 Å². The summed E-state index contributed by atoms with van der Waals surface area (Å²) in [4.78, 5) is 34.8. The summed E-state index contributed by atoms with van der Waals surface area (Å²) in [6.45, 7) is 6.85. The number of hydrogen-bond acceptors (Lipinski definition) is 7. The number of hydrogen-bond donors (Lipinski definition) is 1. The second-order valence-corrected chi connectivity index (χ2v) is 12.1. The molecule has 0 radical (unpaired) electrons. The fourth-order valence-corrected chi connectivity index (χ4v) is 7.08. The second kappa shape index (κ2) is 9.32. The highest BCUT2D eigenvalue weighted by Gasteiger charge is 2.44. The first-order chi connectivity index (χ1) is 16.6.